The first-order chi connectivity index (χ1) is 10.1. The Morgan fingerprint density at radius 1 is 1.24 bits per heavy atom. The predicted octanol–water partition coefficient (Wildman–Crippen LogP) is 3.61. The van der Waals surface area contributed by atoms with Crippen LogP contribution in [0.2, 0.25) is 0 Å². The van der Waals surface area contributed by atoms with E-state index in [1.165, 1.54) is 31.5 Å². The van der Waals surface area contributed by atoms with Crippen LogP contribution in [0.15, 0.2) is 24.3 Å². The number of rotatable bonds is 7. The number of hydrogen-bond acceptors (Lipinski definition) is 3. The zero-order valence-electron chi connectivity index (χ0n) is 13.9. The van der Waals surface area contributed by atoms with Gasteiger partial charge in [-0.15, -0.1) is 0 Å². The number of hydrogen-bond donors (Lipinski definition) is 1. The van der Waals surface area contributed by atoms with E-state index in [2.05, 4.69) is 62.2 Å². The van der Waals surface area contributed by atoms with Crippen LogP contribution in [-0.4, -0.2) is 36.7 Å². The SMILES string of the molecule is CCN1CCCC1CNC(C)c1ccc(OC(C)C)cc1. The zero-order valence-corrected chi connectivity index (χ0v) is 13.9. The van der Waals surface area contributed by atoms with Crippen molar-refractivity contribution in [2.24, 2.45) is 0 Å². The first kappa shape index (κ1) is 16.3. The molecule has 1 N–H and O–H groups in total. The van der Waals surface area contributed by atoms with Gasteiger partial charge in [0.05, 0.1) is 6.10 Å². The highest BCUT2D eigenvalue weighted by Gasteiger charge is 2.22. The molecule has 1 saturated heterocycles. The van der Waals surface area contributed by atoms with Crippen molar-refractivity contribution in [1.82, 2.24) is 10.2 Å². The fraction of sp³-hybridized carbons (Fsp3) is 0.667. The van der Waals surface area contributed by atoms with E-state index in [0.29, 0.717) is 12.1 Å². The van der Waals surface area contributed by atoms with E-state index in [0.717, 1.165) is 12.3 Å². The number of likely N-dealkylation sites (tertiary alicyclic amines) is 1. The molecular weight excluding hydrogens is 260 g/mol. The summed E-state index contributed by atoms with van der Waals surface area (Å²) in [5.74, 6) is 0.953. The Kier molecular flexibility index (Phi) is 6.07. The van der Waals surface area contributed by atoms with E-state index >= 15 is 0 Å². The zero-order chi connectivity index (χ0) is 15.2. The van der Waals surface area contributed by atoms with Gasteiger partial charge in [0.1, 0.15) is 5.75 Å². The van der Waals surface area contributed by atoms with Crippen LogP contribution in [0.25, 0.3) is 0 Å². The molecule has 0 bridgehead atoms. The number of benzene rings is 1. The third-order valence-electron chi connectivity index (χ3n) is 4.32. The summed E-state index contributed by atoms with van der Waals surface area (Å²) in [6, 6.07) is 9.57. The molecule has 3 heteroatoms. The maximum atomic E-state index is 5.69. The molecule has 21 heavy (non-hydrogen) atoms. The highest BCUT2D eigenvalue weighted by Crippen LogP contribution is 2.20. The predicted molar refractivity (Wildman–Crippen MR) is 88.9 cm³/mol. The van der Waals surface area contributed by atoms with Gasteiger partial charge < -0.3 is 10.1 Å². The third kappa shape index (κ3) is 4.72. The van der Waals surface area contributed by atoms with Crippen molar-refractivity contribution >= 4 is 0 Å². The standard InChI is InChI=1S/C18H30N2O/c1-5-20-12-6-7-17(20)13-19-15(4)16-8-10-18(11-9-16)21-14(2)3/h8-11,14-15,17,19H,5-7,12-13H2,1-4H3. The van der Waals surface area contributed by atoms with Crippen molar-refractivity contribution in [1.29, 1.82) is 0 Å². The van der Waals surface area contributed by atoms with Crippen LogP contribution in [0, 0.1) is 0 Å². The molecule has 1 aromatic rings. The van der Waals surface area contributed by atoms with E-state index in [9.17, 15) is 0 Å². The van der Waals surface area contributed by atoms with E-state index < -0.39 is 0 Å². The minimum absolute atomic E-state index is 0.230. The Morgan fingerprint density at radius 3 is 2.57 bits per heavy atom. The molecule has 0 saturated carbocycles. The molecule has 1 fully saturated rings. The largest absolute Gasteiger partial charge is 0.491 e. The van der Waals surface area contributed by atoms with Crippen LogP contribution < -0.4 is 10.1 Å². The second-order valence-electron chi connectivity index (χ2n) is 6.29. The summed E-state index contributed by atoms with van der Waals surface area (Å²) in [6.45, 7) is 12.1. The average molecular weight is 290 g/mol. The summed E-state index contributed by atoms with van der Waals surface area (Å²) >= 11 is 0. The molecule has 118 valence electrons. The maximum absolute atomic E-state index is 5.69. The number of ether oxygens (including phenoxy) is 1. The van der Waals surface area contributed by atoms with Gasteiger partial charge in [-0.05, 0) is 64.4 Å². The van der Waals surface area contributed by atoms with Gasteiger partial charge >= 0.3 is 0 Å². The number of nitrogens with one attached hydrogen (secondary N) is 1. The van der Waals surface area contributed by atoms with E-state index in [1.807, 2.05) is 0 Å². The highest BCUT2D eigenvalue weighted by atomic mass is 16.5. The quantitative estimate of drug-likeness (QED) is 0.830. The van der Waals surface area contributed by atoms with Gasteiger partial charge in [0.15, 0.2) is 0 Å². The van der Waals surface area contributed by atoms with Gasteiger partial charge in [-0.2, -0.15) is 0 Å². The summed E-state index contributed by atoms with van der Waals surface area (Å²) in [5, 5.41) is 3.68. The van der Waals surface area contributed by atoms with Gasteiger partial charge in [-0.25, -0.2) is 0 Å². The third-order valence-corrected chi connectivity index (χ3v) is 4.32. The highest BCUT2D eigenvalue weighted by molar-refractivity contribution is 5.29. The molecule has 1 heterocycles. The van der Waals surface area contributed by atoms with Crippen molar-refractivity contribution in [2.45, 2.75) is 58.7 Å². The topological polar surface area (TPSA) is 24.5 Å². The smallest absolute Gasteiger partial charge is 0.119 e. The van der Waals surface area contributed by atoms with Gasteiger partial charge in [0, 0.05) is 18.6 Å². The van der Waals surface area contributed by atoms with Crippen LogP contribution in [0.4, 0.5) is 0 Å². The molecule has 1 aromatic carbocycles. The van der Waals surface area contributed by atoms with Gasteiger partial charge in [-0.1, -0.05) is 19.1 Å². The first-order valence-corrected chi connectivity index (χ1v) is 8.34. The lowest BCUT2D eigenvalue weighted by Crippen LogP contribution is -2.38. The average Bonchev–Trinajstić information content (AvgIpc) is 2.92. The Bertz CT molecular complexity index is 416. The monoisotopic (exact) mass is 290 g/mol. The van der Waals surface area contributed by atoms with Gasteiger partial charge in [0.25, 0.3) is 0 Å². The molecule has 2 atom stereocenters. The molecule has 0 aromatic heterocycles. The van der Waals surface area contributed by atoms with E-state index in [4.69, 9.17) is 4.74 Å². The van der Waals surface area contributed by atoms with Crippen LogP contribution in [0.1, 0.15) is 52.1 Å². The van der Waals surface area contributed by atoms with Crippen molar-refractivity contribution < 1.29 is 4.74 Å². The Balaban J connectivity index is 1.84. The Hall–Kier alpha value is -1.06. The number of likely N-dealkylation sites (N-methyl/N-ethyl adjacent to an activating group) is 1. The second-order valence-corrected chi connectivity index (χ2v) is 6.29. The van der Waals surface area contributed by atoms with Crippen molar-refractivity contribution in [2.75, 3.05) is 19.6 Å². The minimum Gasteiger partial charge on any atom is -0.491 e. The van der Waals surface area contributed by atoms with Crippen LogP contribution >= 0.6 is 0 Å². The van der Waals surface area contributed by atoms with Crippen LogP contribution in [0.3, 0.4) is 0 Å². The summed E-state index contributed by atoms with van der Waals surface area (Å²) in [4.78, 5) is 2.58. The minimum atomic E-state index is 0.230. The molecule has 0 radical (unpaired) electrons. The molecule has 2 unspecified atom stereocenters. The summed E-state index contributed by atoms with van der Waals surface area (Å²) in [7, 11) is 0. The Morgan fingerprint density at radius 2 is 1.95 bits per heavy atom. The fourth-order valence-electron chi connectivity index (χ4n) is 3.08. The lowest BCUT2D eigenvalue weighted by molar-refractivity contribution is 0.242. The maximum Gasteiger partial charge on any atom is 0.119 e. The van der Waals surface area contributed by atoms with Crippen molar-refractivity contribution in [3.63, 3.8) is 0 Å². The fourth-order valence-corrected chi connectivity index (χ4v) is 3.08. The molecular formula is C18H30N2O. The molecule has 1 aliphatic heterocycles. The molecule has 2 rings (SSSR count). The lowest BCUT2D eigenvalue weighted by atomic mass is 10.1. The van der Waals surface area contributed by atoms with E-state index in [1.54, 1.807) is 0 Å². The summed E-state index contributed by atoms with van der Waals surface area (Å²) < 4.78 is 5.69. The Labute approximate surface area is 129 Å². The normalized spacial score (nSPS) is 20.9. The van der Waals surface area contributed by atoms with Gasteiger partial charge in [-0.3, -0.25) is 4.90 Å². The molecule has 0 amide bonds. The van der Waals surface area contributed by atoms with Crippen LogP contribution in [0.5, 0.6) is 5.75 Å². The van der Waals surface area contributed by atoms with E-state index in [-0.39, 0.29) is 6.10 Å². The molecule has 0 spiro atoms. The van der Waals surface area contributed by atoms with Crippen molar-refractivity contribution in [3.05, 3.63) is 29.8 Å². The second kappa shape index (κ2) is 7.81. The molecule has 3 nitrogen and oxygen atoms in total. The number of nitrogens with zero attached hydrogens (tertiary/aromatic N) is 1. The molecule has 0 aliphatic carbocycles. The summed E-state index contributed by atoms with van der Waals surface area (Å²) in [6.07, 6.45) is 2.90. The lowest BCUT2D eigenvalue weighted by Gasteiger charge is -2.25. The summed E-state index contributed by atoms with van der Waals surface area (Å²) in [5.41, 5.74) is 1.33. The molecule has 1 aliphatic rings. The van der Waals surface area contributed by atoms with Crippen LogP contribution in [-0.2, 0) is 0 Å². The van der Waals surface area contributed by atoms with Crippen molar-refractivity contribution in [3.8, 4) is 5.75 Å². The van der Waals surface area contributed by atoms with Gasteiger partial charge in [0.2, 0.25) is 0 Å². The first-order valence-electron chi connectivity index (χ1n) is 8.34.